The van der Waals surface area contributed by atoms with E-state index in [9.17, 15) is 89.2 Å². The molecule has 3 fully saturated rings. The van der Waals surface area contributed by atoms with Gasteiger partial charge in [-0.3, -0.25) is 98.8 Å². The predicted molar refractivity (Wildman–Crippen MR) is 584 cm³/mol. The minimum atomic E-state index is -0.984. The Hall–Kier alpha value is -13.4. The maximum Gasteiger partial charge on any atom is 0.270 e. The number of carbonyl (C=O) groups is 7. The van der Waals surface area contributed by atoms with Gasteiger partial charge in [-0.25, -0.2) is 0 Å². The maximum absolute atomic E-state index is 12.6. The van der Waals surface area contributed by atoms with Crippen LogP contribution in [0.4, 0.5) is 28.4 Å². The third-order valence-electron chi connectivity index (χ3n) is 24.7. The van der Waals surface area contributed by atoms with Crippen LogP contribution >= 0.6 is 56.8 Å². The number of rotatable bonds is 33. The zero-order valence-electron chi connectivity index (χ0n) is 83.7. The van der Waals surface area contributed by atoms with Crippen molar-refractivity contribution in [3.63, 3.8) is 0 Å². The Morgan fingerprint density at radius 2 is 0.514 bits per heavy atom. The number of non-ortho nitro benzene ring substituents is 5. The normalized spacial score (nSPS) is 13.5. The third kappa shape index (κ3) is 34.9. The molecule has 4 atom stereocenters. The minimum Gasteiger partial charge on any atom is -0.384 e. The number of aliphatic hydroxyl groups is 1. The number of aldehydes is 1. The molecular formula is C109H127ClI2N16O18. The summed E-state index contributed by atoms with van der Waals surface area (Å²) >= 11 is 9.61. The van der Waals surface area contributed by atoms with E-state index in [1.807, 2.05) is 202 Å². The molecule has 3 aliphatic heterocycles. The van der Waals surface area contributed by atoms with Crippen molar-refractivity contribution in [3.05, 3.63) is 408 Å². The van der Waals surface area contributed by atoms with Gasteiger partial charge in [-0.2, -0.15) is 0 Å². The SMILES string of the molecule is CCN(CC)C(=O)c1ccc(C(O)c2cccc([N+](=O)[O-])c2)cc1.CCN(CC)C(=O)c1ccc(C(c2cccc([N+](=O)[O-])c2)N2CCNCC2)cc1.CCN(CC)C(=O)c1ccc(I)cc1.CCN(CC)C(=O)c1ccc([C@@H](c2cccc([N+](=O)[O-])c2)N2CCNCC2)cc1.CCN(CC)C(=O)c1ccc([C@H](c2cccc([N+](=O)[O-])c2)N2CCNCC2)cc1.O=C(Cl)c1ccc(I)cc1.O=Cc1cccc([N+](=O)[O-])c1. The highest BCUT2D eigenvalue weighted by Gasteiger charge is 2.31. The average molecular weight is 2240 g/mol. The number of piperazine rings is 3. The van der Waals surface area contributed by atoms with Crippen LogP contribution in [0.25, 0.3) is 0 Å². The topological polar surface area (TPSA) is 417 Å². The van der Waals surface area contributed by atoms with Crippen molar-refractivity contribution in [3.8, 4) is 0 Å². The Balaban J connectivity index is 0.000000214. The molecular weight excluding hydrogens is 2110 g/mol. The summed E-state index contributed by atoms with van der Waals surface area (Å²) in [5.74, 6) is 0.129. The zero-order chi connectivity index (χ0) is 106. The molecule has 3 saturated heterocycles. The van der Waals surface area contributed by atoms with E-state index in [0.29, 0.717) is 103 Å². The molecule has 37 heteroatoms. The Bertz CT molecular complexity index is 5760. The molecule has 146 heavy (non-hydrogen) atoms. The van der Waals surface area contributed by atoms with Crippen LogP contribution in [-0.2, 0) is 0 Å². The highest BCUT2D eigenvalue weighted by molar-refractivity contribution is 14.1. The first-order valence-corrected chi connectivity index (χ1v) is 51.0. The largest absolute Gasteiger partial charge is 0.384 e. The van der Waals surface area contributed by atoms with E-state index in [1.165, 1.54) is 60.7 Å². The molecule has 2 unspecified atom stereocenters. The quantitative estimate of drug-likeness (QED) is 0.00975. The number of nitrogens with zero attached hydrogens (tertiary/aromatic N) is 13. The molecule has 3 aliphatic rings. The molecule has 772 valence electrons. The summed E-state index contributed by atoms with van der Waals surface area (Å²) in [5, 5.41) is 74.9. The van der Waals surface area contributed by atoms with Gasteiger partial charge < -0.3 is 45.6 Å². The van der Waals surface area contributed by atoms with Crippen LogP contribution in [0.15, 0.2) is 267 Å². The van der Waals surface area contributed by atoms with Crippen molar-refractivity contribution >= 4 is 126 Å². The highest BCUT2D eigenvalue weighted by atomic mass is 127. The first-order valence-electron chi connectivity index (χ1n) is 48.5. The summed E-state index contributed by atoms with van der Waals surface area (Å²) < 4.78 is 2.25. The van der Waals surface area contributed by atoms with Gasteiger partial charge in [0.25, 0.3) is 63.2 Å². The first-order chi connectivity index (χ1) is 70.2. The van der Waals surface area contributed by atoms with Crippen molar-refractivity contribution in [2.24, 2.45) is 0 Å². The van der Waals surface area contributed by atoms with Crippen LogP contribution in [0.1, 0.15) is 210 Å². The van der Waals surface area contributed by atoms with Crippen LogP contribution in [0.3, 0.4) is 0 Å². The van der Waals surface area contributed by atoms with Gasteiger partial charge in [0.1, 0.15) is 12.4 Å². The lowest BCUT2D eigenvalue weighted by Crippen LogP contribution is -2.45. The number of benzene rings is 11. The Labute approximate surface area is 883 Å². The number of amides is 5. The second-order valence-corrected chi connectivity index (χ2v) is 36.3. The van der Waals surface area contributed by atoms with Crippen LogP contribution < -0.4 is 16.0 Å². The van der Waals surface area contributed by atoms with Crippen LogP contribution in [0.5, 0.6) is 0 Å². The molecule has 4 N–H and O–H groups in total. The van der Waals surface area contributed by atoms with Crippen molar-refractivity contribution in [2.75, 3.05) is 144 Å². The van der Waals surface area contributed by atoms with Crippen molar-refractivity contribution in [1.82, 2.24) is 55.1 Å². The zero-order valence-corrected chi connectivity index (χ0v) is 88.8. The van der Waals surface area contributed by atoms with Gasteiger partial charge in [-0.15, -0.1) is 0 Å². The first kappa shape index (κ1) is 118. The van der Waals surface area contributed by atoms with E-state index in [0.717, 1.165) is 138 Å². The van der Waals surface area contributed by atoms with Crippen molar-refractivity contribution < 1.29 is 63.3 Å². The van der Waals surface area contributed by atoms with E-state index in [-0.39, 0.29) is 90.9 Å². The van der Waals surface area contributed by atoms with Gasteiger partial charge in [-0.1, -0.05) is 109 Å². The lowest BCUT2D eigenvalue weighted by molar-refractivity contribution is -0.385. The van der Waals surface area contributed by atoms with Gasteiger partial charge in [0.05, 0.1) is 42.7 Å². The van der Waals surface area contributed by atoms with Gasteiger partial charge in [0, 0.05) is 251 Å². The number of nitro benzene ring substituents is 5. The van der Waals surface area contributed by atoms with E-state index in [1.54, 1.807) is 98.5 Å². The van der Waals surface area contributed by atoms with Crippen molar-refractivity contribution in [2.45, 2.75) is 93.5 Å². The fourth-order valence-corrected chi connectivity index (χ4v) is 17.5. The molecule has 34 nitrogen and oxygen atoms in total. The number of hydrogen-bond donors (Lipinski definition) is 4. The maximum atomic E-state index is 12.6. The van der Waals surface area contributed by atoms with Crippen molar-refractivity contribution in [1.29, 1.82) is 0 Å². The Kier molecular flexibility index (Phi) is 49.3. The molecule has 0 spiro atoms. The standard InChI is InChI=1S/3C22H28N4O3.C18H20N2O4.C11H14INO.C7H4ClIO.C7H5NO3/c3*1-3-24(4-2)22(27)18-10-8-17(9-11-18)21(25-14-12-23-13-15-25)19-6-5-7-20(16-19)26(28)29;1-3-19(4-2)18(22)14-10-8-13(9-11-14)17(21)15-6-5-7-16(12-15)20(23)24;1-3-13(4-2)11(14)9-5-7-10(12)8-6-9;8-7(10)5-1-3-6(9)4-2-5;9-5-6-2-1-3-7(4-6)8(10)11/h3*5-11,16,21,23H,3-4,12-15H2,1-2H3;5-12,17,21H,3-4H2,1-2H3;5-8H,3-4H2,1-2H3;1-4H;1-5H/t2*21-;;;;;/m10...../s1. The summed E-state index contributed by atoms with van der Waals surface area (Å²) in [5.41, 5.74) is 11.1. The summed E-state index contributed by atoms with van der Waals surface area (Å²) in [6.45, 7) is 36.9. The van der Waals surface area contributed by atoms with Gasteiger partial charge >= 0.3 is 0 Å². The van der Waals surface area contributed by atoms with Crippen LogP contribution in [0, 0.1) is 57.7 Å². The minimum absolute atomic E-state index is 0.0237. The Morgan fingerprint density at radius 3 is 0.740 bits per heavy atom. The van der Waals surface area contributed by atoms with Crippen LogP contribution in [0.2, 0.25) is 0 Å². The highest BCUT2D eigenvalue weighted by Crippen LogP contribution is 2.36. The molecule has 0 aromatic heterocycles. The van der Waals surface area contributed by atoms with Gasteiger partial charge in [0.15, 0.2) is 0 Å². The average Bonchev–Trinajstić information content (AvgIpc) is 0.808. The molecule has 0 bridgehead atoms. The molecule has 0 saturated carbocycles. The summed E-state index contributed by atoms with van der Waals surface area (Å²) in [6, 6.07) is 76.2. The van der Waals surface area contributed by atoms with E-state index >= 15 is 0 Å². The molecule has 11 aromatic carbocycles. The fourth-order valence-electron chi connectivity index (χ4n) is 16.7. The lowest BCUT2D eigenvalue weighted by atomic mass is 9.95. The third-order valence-corrected chi connectivity index (χ3v) is 26.3. The van der Waals surface area contributed by atoms with E-state index in [4.69, 9.17) is 11.6 Å². The summed E-state index contributed by atoms with van der Waals surface area (Å²) in [6.07, 6.45) is -0.407. The predicted octanol–water partition coefficient (Wildman–Crippen LogP) is 19.2. The molecule has 5 amide bonds. The number of nitrogens with one attached hydrogen (secondary N) is 3. The van der Waals surface area contributed by atoms with Gasteiger partial charge in [-0.05, 0) is 268 Å². The molecule has 3 heterocycles. The summed E-state index contributed by atoms with van der Waals surface area (Å²) in [4.78, 5) is 151. The molecule has 11 aromatic rings. The lowest BCUT2D eigenvalue weighted by Gasteiger charge is -2.35. The molecule has 0 radical (unpaired) electrons. The van der Waals surface area contributed by atoms with Crippen LogP contribution in [-0.4, -0.2) is 254 Å². The Morgan fingerprint density at radius 1 is 0.308 bits per heavy atom. The monoisotopic (exact) mass is 2240 g/mol. The summed E-state index contributed by atoms with van der Waals surface area (Å²) in [7, 11) is 0. The number of aliphatic hydroxyl groups excluding tert-OH is 1. The number of nitro groups is 5. The van der Waals surface area contributed by atoms with E-state index < -0.39 is 21.2 Å². The second-order valence-electron chi connectivity index (χ2n) is 33.5. The number of hydrogen-bond acceptors (Lipinski definition) is 24. The number of carbonyl (C=O) groups excluding carboxylic acids is 7. The van der Waals surface area contributed by atoms with E-state index in [2.05, 4.69) is 75.8 Å². The van der Waals surface area contributed by atoms with Gasteiger partial charge in [0.2, 0.25) is 0 Å². The smallest absolute Gasteiger partial charge is 0.270 e. The molecule has 14 rings (SSSR count). The molecule has 0 aliphatic carbocycles. The fraction of sp³-hybridized carbons (Fsp3) is 0.330. The number of halogens is 3. The second kappa shape index (κ2) is 61.1.